The Bertz CT molecular complexity index is 1020. The summed E-state index contributed by atoms with van der Waals surface area (Å²) in [5.41, 5.74) is 10.6. The molecule has 0 aliphatic rings. The normalized spacial score (nSPS) is 11.4. The van der Waals surface area contributed by atoms with Crippen LogP contribution in [0.15, 0.2) is 30.6 Å². The SMILES string of the molecule is CNc1nc2sc(-c3cccc(CN)c3)nc2c2c1ncn2C. The molecule has 0 amide bonds. The monoisotopic (exact) mass is 324 g/mol. The van der Waals surface area contributed by atoms with E-state index in [4.69, 9.17) is 10.7 Å². The van der Waals surface area contributed by atoms with E-state index in [-0.39, 0.29) is 0 Å². The van der Waals surface area contributed by atoms with Gasteiger partial charge in [0.1, 0.15) is 26.4 Å². The van der Waals surface area contributed by atoms with E-state index < -0.39 is 0 Å². The summed E-state index contributed by atoms with van der Waals surface area (Å²) >= 11 is 1.58. The predicted molar refractivity (Wildman–Crippen MR) is 94.6 cm³/mol. The van der Waals surface area contributed by atoms with Crippen LogP contribution >= 0.6 is 11.3 Å². The minimum atomic E-state index is 0.521. The minimum absolute atomic E-state index is 0.521. The number of fused-ring (bicyclic) bond motifs is 3. The molecule has 0 saturated heterocycles. The second kappa shape index (κ2) is 5.29. The van der Waals surface area contributed by atoms with Crippen molar-refractivity contribution in [2.75, 3.05) is 12.4 Å². The summed E-state index contributed by atoms with van der Waals surface area (Å²) < 4.78 is 1.99. The highest BCUT2D eigenvalue weighted by Gasteiger charge is 2.17. The fraction of sp³-hybridized carbons (Fsp3) is 0.188. The van der Waals surface area contributed by atoms with Gasteiger partial charge in [-0.05, 0) is 11.6 Å². The zero-order valence-electron chi connectivity index (χ0n) is 12.9. The van der Waals surface area contributed by atoms with Gasteiger partial charge in [-0.3, -0.25) is 0 Å². The van der Waals surface area contributed by atoms with Crippen molar-refractivity contribution in [1.82, 2.24) is 19.5 Å². The van der Waals surface area contributed by atoms with Gasteiger partial charge in [-0.2, -0.15) is 0 Å². The first-order chi connectivity index (χ1) is 11.2. The van der Waals surface area contributed by atoms with Gasteiger partial charge in [-0.1, -0.05) is 29.5 Å². The quantitative estimate of drug-likeness (QED) is 0.605. The summed E-state index contributed by atoms with van der Waals surface area (Å²) in [7, 11) is 3.83. The highest BCUT2D eigenvalue weighted by molar-refractivity contribution is 7.21. The van der Waals surface area contributed by atoms with Gasteiger partial charge in [-0.15, -0.1) is 0 Å². The highest BCUT2D eigenvalue weighted by atomic mass is 32.1. The maximum absolute atomic E-state index is 5.74. The van der Waals surface area contributed by atoms with Crippen LogP contribution in [0.25, 0.3) is 32.0 Å². The van der Waals surface area contributed by atoms with Gasteiger partial charge in [0.05, 0.1) is 6.33 Å². The average molecular weight is 324 g/mol. The minimum Gasteiger partial charge on any atom is -0.371 e. The second-order valence-electron chi connectivity index (χ2n) is 5.34. The third-order valence-corrected chi connectivity index (χ3v) is 4.85. The summed E-state index contributed by atoms with van der Waals surface area (Å²) in [5.74, 6) is 0.777. The first-order valence-corrected chi connectivity index (χ1v) is 8.11. The number of thiazole rings is 1. The maximum atomic E-state index is 5.74. The Kier molecular flexibility index (Phi) is 3.24. The van der Waals surface area contributed by atoms with Crippen LogP contribution in [-0.2, 0) is 13.6 Å². The largest absolute Gasteiger partial charge is 0.371 e. The van der Waals surface area contributed by atoms with E-state index in [0.29, 0.717) is 6.54 Å². The van der Waals surface area contributed by atoms with Gasteiger partial charge < -0.3 is 15.6 Å². The number of aryl methyl sites for hydroxylation is 1. The zero-order chi connectivity index (χ0) is 16.0. The van der Waals surface area contributed by atoms with E-state index in [2.05, 4.69) is 27.4 Å². The average Bonchev–Trinajstić information content (AvgIpc) is 3.17. The standard InChI is InChI=1S/C16H16N6S/c1-18-14-11-13(22(2)8-19-11)12-16(21-14)23-15(20-12)10-5-3-4-9(6-10)7-17/h3-6,8H,7,17H2,1-2H3,(H,18,21). The van der Waals surface area contributed by atoms with Gasteiger partial charge in [0.15, 0.2) is 5.82 Å². The first-order valence-electron chi connectivity index (χ1n) is 7.30. The fourth-order valence-corrected chi connectivity index (χ4v) is 3.65. The van der Waals surface area contributed by atoms with Crippen molar-refractivity contribution in [3.63, 3.8) is 0 Å². The van der Waals surface area contributed by atoms with E-state index in [1.54, 1.807) is 17.7 Å². The molecule has 7 heteroatoms. The molecule has 4 aromatic rings. The van der Waals surface area contributed by atoms with Crippen LogP contribution in [0.1, 0.15) is 5.56 Å². The maximum Gasteiger partial charge on any atom is 0.155 e. The summed E-state index contributed by atoms with van der Waals surface area (Å²) in [6.07, 6.45) is 1.79. The molecule has 0 unspecified atom stereocenters. The Hall–Kier alpha value is -2.51. The predicted octanol–water partition coefficient (Wildman–Crippen LogP) is 2.75. The number of benzene rings is 1. The Balaban J connectivity index is 2.00. The smallest absolute Gasteiger partial charge is 0.155 e. The van der Waals surface area contributed by atoms with Crippen molar-refractivity contribution < 1.29 is 0 Å². The van der Waals surface area contributed by atoms with E-state index in [1.807, 2.05) is 30.8 Å². The third-order valence-electron chi connectivity index (χ3n) is 3.85. The molecule has 3 N–H and O–H groups in total. The summed E-state index contributed by atoms with van der Waals surface area (Å²) in [6.45, 7) is 0.521. The lowest BCUT2D eigenvalue weighted by atomic mass is 10.1. The van der Waals surface area contributed by atoms with Crippen LogP contribution in [0.3, 0.4) is 0 Å². The van der Waals surface area contributed by atoms with Gasteiger partial charge >= 0.3 is 0 Å². The molecule has 23 heavy (non-hydrogen) atoms. The van der Waals surface area contributed by atoms with Crippen LogP contribution in [0.5, 0.6) is 0 Å². The molecule has 0 spiro atoms. The van der Waals surface area contributed by atoms with Crippen molar-refractivity contribution >= 4 is 38.5 Å². The van der Waals surface area contributed by atoms with E-state index in [1.165, 1.54) is 0 Å². The summed E-state index contributed by atoms with van der Waals surface area (Å²) in [4.78, 5) is 14.8. The molecule has 3 heterocycles. The molecule has 0 atom stereocenters. The molecule has 0 bridgehead atoms. The van der Waals surface area contributed by atoms with Crippen LogP contribution in [-0.4, -0.2) is 26.6 Å². The van der Waals surface area contributed by atoms with Crippen LogP contribution in [0.4, 0.5) is 5.82 Å². The first kappa shape index (κ1) is 14.1. The highest BCUT2D eigenvalue weighted by Crippen LogP contribution is 2.35. The van der Waals surface area contributed by atoms with Crippen LogP contribution in [0.2, 0.25) is 0 Å². The molecule has 6 nitrogen and oxygen atoms in total. The van der Waals surface area contributed by atoms with Crippen molar-refractivity contribution in [3.05, 3.63) is 36.2 Å². The summed E-state index contributed by atoms with van der Waals surface area (Å²) in [5, 5.41) is 4.06. The Morgan fingerprint density at radius 3 is 2.91 bits per heavy atom. The van der Waals surface area contributed by atoms with Crippen LogP contribution in [0, 0.1) is 0 Å². The van der Waals surface area contributed by atoms with E-state index in [0.717, 1.165) is 43.3 Å². The topological polar surface area (TPSA) is 81.7 Å². The lowest BCUT2D eigenvalue weighted by Gasteiger charge is -2.01. The number of imidazole rings is 1. The molecule has 0 aliphatic carbocycles. The summed E-state index contributed by atoms with van der Waals surface area (Å²) in [6, 6.07) is 8.16. The number of hydrogen-bond donors (Lipinski definition) is 2. The number of pyridine rings is 1. The van der Waals surface area contributed by atoms with Gasteiger partial charge in [0.2, 0.25) is 0 Å². The van der Waals surface area contributed by atoms with Gasteiger partial charge in [-0.25, -0.2) is 15.0 Å². The lowest BCUT2D eigenvalue weighted by molar-refractivity contribution is 0.949. The number of nitrogens with two attached hydrogens (primary N) is 1. The number of nitrogens with one attached hydrogen (secondary N) is 1. The molecule has 4 rings (SSSR count). The molecule has 0 saturated carbocycles. The third kappa shape index (κ3) is 2.16. The molecule has 0 radical (unpaired) electrons. The number of nitrogens with zero attached hydrogens (tertiary/aromatic N) is 4. The van der Waals surface area contributed by atoms with E-state index >= 15 is 0 Å². The molecule has 1 aromatic carbocycles. The fourth-order valence-electron chi connectivity index (χ4n) is 2.71. The van der Waals surface area contributed by atoms with Crippen molar-refractivity contribution in [1.29, 1.82) is 0 Å². The van der Waals surface area contributed by atoms with Crippen molar-refractivity contribution in [2.45, 2.75) is 6.54 Å². The van der Waals surface area contributed by atoms with E-state index in [9.17, 15) is 0 Å². The lowest BCUT2D eigenvalue weighted by Crippen LogP contribution is -1.95. The zero-order valence-corrected chi connectivity index (χ0v) is 13.7. The number of anilines is 1. The van der Waals surface area contributed by atoms with Gasteiger partial charge in [0.25, 0.3) is 0 Å². The van der Waals surface area contributed by atoms with Crippen LogP contribution < -0.4 is 11.1 Å². The number of rotatable bonds is 3. The van der Waals surface area contributed by atoms with Gasteiger partial charge in [0, 0.05) is 26.2 Å². The number of aromatic nitrogens is 4. The Labute approximate surface area is 137 Å². The number of hydrogen-bond acceptors (Lipinski definition) is 6. The molecular formula is C16H16N6S. The second-order valence-corrected chi connectivity index (χ2v) is 6.32. The Morgan fingerprint density at radius 2 is 2.13 bits per heavy atom. The van der Waals surface area contributed by atoms with Crippen molar-refractivity contribution in [3.8, 4) is 10.6 Å². The molecule has 0 aliphatic heterocycles. The molecular weight excluding hydrogens is 308 g/mol. The Morgan fingerprint density at radius 1 is 1.26 bits per heavy atom. The van der Waals surface area contributed by atoms with Crippen molar-refractivity contribution in [2.24, 2.45) is 12.8 Å². The molecule has 0 fully saturated rings. The molecule has 116 valence electrons. The molecule has 3 aromatic heterocycles.